The van der Waals surface area contributed by atoms with Crippen molar-refractivity contribution in [2.24, 2.45) is 0 Å². The highest BCUT2D eigenvalue weighted by molar-refractivity contribution is 7.10. The summed E-state index contributed by atoms with van der Waals surface area (Å²) in [5.41, 5.74) is 4.42. The van der Waals surface area contributed by atoms with Crippen LogP contribution in [0.4, 0.5) is 5.69 Å². The minimum atomic E-state index is -0.310. The minimum absolute atomic E-state index is 0.0346. The number of thiophene rings is 1. The lowest BCUT2D eigenvalue weighted by Crippen LogP contribution is -2.35. The maximum atomic E-state index is 13.3. The van der Waals surface area contributed by atoms with E-state index in [0.717, 1.165) is 23.0 Å². The predicted octanol–water partition coefficient (Wildman–Crippen LogP) is 4.03. The number of nitrogens with zero attached hydrogens (tertiary/aromatic N) is 3. The standard InChI is InChI=1S/C26H26N4O3S/c1-3-29-21-9-4-5-10-22(21)30(26(29)33)16-24(31)27-20-8-6-7-19(17(20)2)25(32)28-13-11-23-18(15-28)12-14-34-23/h4-10,12,14H,3,11,13,15-16H2,1-2H3,(H,27,31). The van der Waals surface area contributed by atoms with Crippen molar-refractivity contribution in [3.8, 4) is 0 Å². The van der Waals surface area contributed by atoms with E-state index in [-0.39, 0.29) is 24.0 Å². The zero-order valence-corrected chi connectivity index (χ0v) is 20.0. The Morgan fingerprint density at radius 3 is 2.56 bits per heavy atom. The zero-order chi connectivity index (χ0) is 23.8. The van der Waals surface area contributed by atoms with E-state index in [4.69, 9.17) is 0 Å². The number of para-hydroxylation sites is 2. The summed E-state index contributed by atoms with van der Waals surface area (Å²) in [6.07, 6.45) is 0.869. The SMILES string of the molecule is CCn1c(=O)n(CC(=O)Nc2cccc(C(=O)N3CCc4sccc4C3)c2C)c2ccccc21. The Kier molecular flexibility index (Phi) is 5.83. The van der Waals surface area contributed by atoms with Crippen molar-refractivity contribution < 1.29 is 9.59 Å². The van der Waals surface area contributed by atoms with Crippen LogP contribution in [-0.4, -0.2) is 32.4 Å². The number of carbonyl (C=O) groups is 2. The Morgan fingerprint density at radius 2 is 1.79 bits per heavy atom. The first-order chi connectivity index (χ1) is 16.5. The number of fused-ring (bicyclic) bond motifs is 2. The number of imidazole rings is 1. The fourth-order valence-corrected chi connectivity index (χ4v) is 5.55. The van der Waals surface area contributed by atoms with Crippen LogP contribution < -0.4 is 11.0 Å². The Hall–Kier alpha value is -3.65. The third-order valence-corrected chi connectivity index (χ3v) is 7.50. The number of nitrogens with one attached hydrogen (secondary N) is 1. The number of benzene rings is 2. The van der Waals surface area contributed by atoms with Gasteiger partial charge in [0.2, 0.25) is 5.91 Å². The molecule has 7 nitrogen and oxygen atoms in total. The van der Waals surface area contributed by atoms with Crippen molar-refractivity contribution in [1.82, 2.24) is 14.0 Å². The number of amides is 2. The number of hydrogen-bond acceptors (Lipinski definition) is 4. The molecular weight excluding hydrogens is 448 g/mol. The van der Waals surface area contributed by atoms with E-state index < -0.39 is 0 Å². The highest BCUT2D eigenvalue weighted by Crippen LogP contribution is 2.27. The maximum Gasteiger partial charge on any atom is 0.329 e. The highest BCUT2D eigenvalue weighted by atomic mass is 32.1. The number of hydrogen-bond donors (Lipinski definition) is 1. The average molecular weight is 475 g/mol. The first kappa shape index (κ1) is 22.2. The number of aryl methyl sites for hydroxylation is 1. The first-order valence-corrected chi connectivity index (χ1v) is 12.3. The lowest BCUT2D eigenvalue weighted by molar-refractivity contribution is -0.116. The fourth-order valence-electron chi connectivity index (χ4n) is 4.66. The molecule has 1 aliphatic rings. The smallest absolute Gasteiger partial charge is 0.329 e. The molecular formula is C26H26N4O3S. The van der Waals surface area contributed by atoms with E-state index in [0.29, 0.717) is 30.9 Å². The lowest BCUT2D eigenvalue weighted by atomic mass is 10.0. The van der Waals surface area contributed by atoms with E-state index >= 15 is 0 Å². The first-order valence-electron chi connectivity index (χ1n) is 11.4. The molecule has 174 valence electrons. The van der Waals surface area contributed by atoms with Gasteiger partial charge in [0.05, 0.1) is 11.0 Å². The predicted molar refractivity (Wildman–Crippen MR) is 134 cm³/mol. The Morgan fingerprint density at radius 1 is 1.03 bits per heavy atom. The molecule has 3 heterocycles. The summed E-state index contributed by atoms with van der Waals surface area (Å²) < 4.78 is 3.15. The second-order valence-electron chi connectivity index (χ2n) is 8.47. The molecule has 1 aliphatic heterocycles. The average Bonchev–Trinajstić information content (AvgIpc) is 3.42. The van der Waals surface area contributed by atoms with Crippen LogP contribution in [0.5, 0.6) is 0 Å². The van der Waals surface area contributed by atoms with Crippen molar-refractivity contribution >= 4 is 39.9 Å². The van der Waals surface area contributed by atoms with Crippen LogP contribution in [-0.2, 0) is 30.8 Å². The van der Waals surface area contributed by atoms with Crippen molar-refractivity contribution in [2.75, 3.05) is 11.9 Å². The molecule has 0 saturated heterocycles. The van der Waals surface area contributed by atoms with Crippen LogP contribution in [0.1, 0.15) is 33.3 Å². The van der Waals surface area contributed by atoms with Crippen molar-refractivity contribution in [2.45, 2.75) is 39.9 Å². The van der Waals surface area contributed by atoms with Gasteiger partial charge in [0.1, 0.15) is 6.54 Å². The molecule has 1 N–H and O–H groups in total. The van der Waals surface area contributed by atoms with Crippen LogP contribution in [0, 0.1) is 6.92 Å². The largest absolute Gasteiger partial charge is 0.334 e. The highest BCUT2D eigenvalue weighted by Gasteiger charge is 2.24. The van der Waals surface area contributed by atoms with Crippen LogP contribution >= 0.6 is 11.3 Å². The van der Waals surface area contributed by atoms with Gasteiger partial charge in [-0.25, -0.2) is 4.79 Å². The summed E-state index contributed by atoms with van der Waals surface area (Å²) in [5.74, 6) is -0.345. The Balaban J connectivity index is 1.36. The van der Waals surface area contributed by atoms with Gasteiger partial charge in [-0.2, -0.15) is 0 Å². The quantitative estimate of drug-likeness (QED) is 0.475. The molecule has 2 aromatic carbocycles. The maximum absolute atomic E-state index is 13.3. The summed E-state index contributed by atoms with van der Waals surface area (Å²) in [6, 6.07) is 14.9. The van der Waals surface area contributed by atoms with Gasteiger partial charge in [0.15, 0.2) is 0 Å². The summed E-state index contributed by atoms with van der Waals surface area (Å²) >= 11 is 1.74. The molecule has 0 saturated carbocycles. The summed E-state index contributed by atoms with van der Waals surface area (Å²) in [7, 11) is 0. The van der Waals surface area contributed by atoms with Crippen LogP contribution in [0.3, 0.4) is 0 Å². The third kappa shape index (κ3) is 3.84. The third-order valence-electron chi connectivity index (χ3n) is 6.48. The molecule has 34 heavy (non-hydrogen) atoms. The van der Waals surface area contributed by atoms with Crippen molar-refractivity contribution in [1.29, 1.82) is 0 Å². The molecule has 4 aromatic rings. The molecule has 0 spiro atoms. The van der Waals surface area contributed by atoms with E-state index in [1.807, 2.05) is 43.0 Å². The van der Waals surface area contributed by atoms with Crippen molar-refractivity contribution in [3.63, 3.8) is 0 Å². The van der Waals surface area contributed by atoms with E-state index in [1.54, 1.807) is 34.1 Å². The number of carbonyl (C=O) groups excluding carboxylic acids is 2. The van der Waals surface area contributed by atoms with Gasteiger partial charge < -0.3 is 10.2 Å². The van der Waals surface area contributed by atoms with Gasteiger partial charge in [-0.3, -0.25) is 18.7 Å². The number of anilines is 1. The monoisotopic (exact) mass is 474 g/mol. The van der Waals surface area contributed by atoms with E-state index in [1.165, 1.54) is 15.0 Å². The lowest BCUT2D eigenvalue weighted by Gasteiger charge is -2.28. The topological polar surface area (TPSA) is 76.3 Å². The fraction of sp³-hybridized carbons (Fsp3) is 0.269. The normalized spacial score (nSPS) is 13.2. The van der Waals surface area contributed by atoms with Gasteiger partial charge >= 0.3 is 5.69 Å². The van der Waals surface area contributed by atoms with Gasteiger partial charge in [0.25, 0.3) is 5.91 Å². The van der Waals surface area contributed by atoms with E-state index in [2.05, 4.69) is 16.8 Å². The summed E-state index contributed by atoms with van der Waals surface area (Å²) in [6.45, 7) is 5.48. The van der Waals surface area contributed by atoms with Crippen molar-refractivity contribution in [3.05, 3.63) is 86.0 Å². The molecule has 0 atom stereocenters. The molecule has 0 aliphatic carbocycles. The van der Waals surface area contributed by atoms with Gasteiger partial charge in [-0.15, -0.1) is 11.3 Å². The molecule has 0 radical (unpaired) electrons. The van der Waals surface area contributed by atoms with Gasteiger partial charge in [0, 0.05) is 35.8 Å². The van der Waals surface area contributed by atoms with Gasteiger partial charge in [-0.05, 0) is 67.1 Å². The van der Waals surface area contributed by atoms with Crippen LogP contribution in [0.15, 0.2) is 58.7 Å². The number of aromatic nitrogens is 2. The Bertz CT molecular complexity index is 1460. The summed E-state index contributed by atoms with van der Waals surface area (Å²) in [4.78, 5) is 42.3. The second kappa shape index (κ2) is 8.95. The number of rotatable bonds is 5. The zero-order valence-electron chi connectivity index (χ0n) is 19.2. The molecule has 2 aromatic heterocycles. The van der Waals surface area contributed by atoms with Gasteiger partial charge in [-0.1, -0.05) is 18.2 Å². The summed E-state index contributed by atoms with van der Waals surface area (Å²) in [5, 5.41) is 4.98. The minimum Gasteiger partial charge on any atom is -0.334 e. The molecule has 2 amide bonds. The molecule has 0 unspecified atom stereocenters. The Labute approximate surface area is 201 Å². The molecule has 0 fully saturated rings. The molecule has 8 heteroatoms. The van der Waals surface area contributed by atoms with Crippen LogP contribution in [0.2, 0.25) is 0 Å². The molecule has 5 rings (SSSR count). The second-order valence-corrected chi connectivity index (χ2v) is 9.47. The van der Waals surface area contributed by atoms with E-state index in [9.17, 15) is 14.4 Å². The molecule has 0 bridgehead atoms. The van der Waals surface area contributed by atoms with Crippen LogP contribution in [0.25, 0.3) is 11.0 Å².